The fraction of sp³-hybridized carbons (Fsp3) is 0.400. The number of nitrogens with one attached hydrogen (secondary N) is 1. The van der Waals surface area contributed by atoms with Gasteiger partial charge in [0, 0.05) is 26.3 Å². The number of aromatic nitrogens is 1. The number of amides is 1. The average Bonchev–Trinajstić information content (AvgIpc) is 3.35. The fourth-order valence-electron chi connectivity index (χ4n) is 3.41. The molecule has 1 fully saturated rings. The zero-order valence-corrected chi connectivity index (χ0v) is 17.3. The number of carbonyl (C=O) groups is 2. The average molecular weight is 420 g/mol. The van der Waals surface area contributed by atoms with Crippen LogP contribution in [0.2, 0.25) is 0 Å². The topological polar surface area (TPSA) is 97.7 Å². The van der Waals surface area contributed by atoms with E-state index in [1.807, 2.05) is 30.3 Å². The van der Waals surface area contributed by atoms with Gasteiger partial charge in [0.1, 0.15) is 16.6 Å². The number of hydrogen-bond acceptors (Lipinski definition) is 5. The second kappa shape index (κ2) is 8.79. The number of carbonyl (C=O) groups excluding carboxylic acids is 2. The van der Waals surface area contributed by atoms with E-state index in [2.05, 4.69) is 5.32 Å². The Morgan fingerprint density at radius 2 is 1.97 bits per heavy atom. The Kier molecular flexibility index (Phi) is 6.39. The standard InChI is InChI=1S/C20H25N3O5S/c1-3-28-20(25)18-12-16(14-22(18)2)29(26,27)23-11-7-10-17(23)19(24)21-13-15-8-5-4-6-9-15/h4-6,8-9,12,14,17H,3,7,10-11,13H2,1-2H3,(H,21,24)/t17-/m1/s1. The minimum absolute atomic E-state index is 0.0224. The van der Waals surface area contributed by atoms with Crippen molar-refractivity contribution in [3.8, 4) is 0 Å². The second-order valence-corrected chi connectivity index (χ2v) is 8.76. The Morgan fingerprint density at radius 1 is 1.24 bits per heavy atom. The van der Waals surface area contributed by atoms with Crippen LogP contribution >= 0.6 is 0 Å². The van der Waals surface area contributed by atoms with E-state index in [1.165, 1.54) is 21.1 Å². The molecule has 0 radical (unpaired) electrons. The highest BCUT2D eigenvalue weighted by Crippen LogP contribution is 2.27. The first-order valence-corrected chi connectivity index (χ1v) is 11.0. The van der Waals surface area contributed by atoms with E-state index in [0.29, 0.717) is 19.4 Å². The molecule has 1 aromatic carbocycles. The molecule has 1 aliphatic heterocycles. The van der Waals surface area contributed by atoms with Gasteiger partial charge in [-0.3, -0.25) is 4.79 Å². The van der Waals surface area contributed by atoms with Crippen molar-refractivity contribution in [2.45, 2.75) is 37.2 Å². The van der Waals surface area contributed by atoms with Gasteiger partial charge in [-0.05, 0) is 31.4 Å². The highest BCUT2D eigenvalue weighted by atomic mass is 32.2. The Balaban J connectivity index is 1.76. The van der Waals surface area contributed by atoms with Gasteiger partial charge < -0.3 is 14.6 Å². The monoisotopic (exact) mass is 419 g/mol. The van der Waals surface area contributed by atoms with Gasteiger partial charge in [-0.25, -0.2) is 13.2 Å². The van der Waals surface area contributed by atoms with Crippen molar-refractivity contribution in [1.82, 2.24) is 14.2 Å². The van der Waals surface area contributed by atoms with Crippen molar-refractivity contribution in [3.05, 3.63) is 53.9 Å². The molecular formula is C20H25N3O5S. The van der Waals surface area contributed by atoms with Crippen LogP contribution in [0, 0.1) is 0 Å². The number of sulfonamides is 1. The molecule has 2 aromatic rings. The number of rotatable bonds is 7. The maximum Gasteiger partial charge on any atom is 0.354 e. The Bertz CT molecular complexity index is 985. The van der Waals surface area contributed by atoms with Crippen molar-refractivity contribution >= 4 is 21.9 Å². The normalized spacial score (nSPS) is 17.2. The van der Waals surface area contributed by atoms with Crippen molar-refractivity contribution in [2.75, 3.05) is 13.2 Å². The Hall–Kier alpha value is -2.65. The maximum absolute atomic E-state index is 13.2. The largest absolute Gasteiger partial charge is 0.461 e. The van der Waals surface area contributed by atoms with Crippen LogP contribution in [0.3, 0.4) is 0 Å². The molecule has 0 saturated carbocycles. The van der Waals surface area contributed by atoms with Gasteiger partial charge in [-0.2, -0.15) is 4.31 Å². The summed E-state index contributed by atoms with van der Waals surface area (Å²) in [5.41, 5.74) is 1.09. The van der Waals surface area contributed by atoms with Crippen LogP contribution in [0.1, 0.15) is 35.8 Å². The van der Waals surface area contributed by atoms with E-state index in [4.69, 9.17) is 4.74 Å². The molecule has 1 atom stereocenters. The number of hydrogen-bond donors (Lipinski definition) is 1. The van der Waals surface area contributed by atoms with Crippen LogP contribution in [0.4, 0.5) is 0 Å². The maximum atomic E-state index is 13.2. The van der Waals surface area contributed by atoms with E-state index in [9.17, 15) is 18.0 Å². The molecule has 1 N–H and O–H groups in total. The van der Waals surface area contributed by atoms with Crippen LogP contribution in [0.15, 0.2) is 47.5 Å². The third kappa shape index (κ3) is 4.51. The molecule has 1 amide bonds. The summed E-state index contributed by atoms with van der Waals surface area (Å²) in [6.07, 6.45) is 2.43. The van der Waals surface area contributed by atoms with Crippen molar-refractivity contribution < 1.29 is 22.7 Å². The van der Waals surface area contributed by atoms with Crippen LogP contribution in [-0.2, 0) is 33.1 Å². The second-order valence-electron chi connectivity index (χ2n) is 6.87. The number of esters is 1. The Labute approximate surface area is 170 Å². The molecule has 8 nitrogen and oxygen atoms in total. The lowest BCUT2D eigenvalue weighted by Gasteiger charge is -2.22. The summed E-state index contributed by atoms with van der Waals surface area (Å²) in [7, 11) is -2.34. The van der Waals surface area contributed by atoms with E-state index < -0.39 is 22.0 Å². The van der Waals surface area contributed by atoms with Gasteiger partial charge in [0.15, 0.2) is 0 Å². The molecule has 9 heteroatoms. The molecule has 1 aliphatic rings. The van der Waals surface area contributed by atoms with Crippen LogP contribution in [0.25, 0.3) is 0 Å². The van der Waals surface area contributed by atoms with Crippen molar-refractivity contribution in [2.24, 2.45) is 7.05 Å². The molecule has 2 heterocycles. The summed E-state index contributed by atoms with van der Waals surface area (Å²) in [5, 5.41) is 2.82. The lowest BCUT2D eigenvalue weighted by Crippen LogP contribution is -2.45. The smallest absolute Gasteiger partial charge is 0.354 e. The quantitative estimate of drug-likeness (QED) is 0.689. The molecule has 0 spiro atoms. The zero-order valence-electron chi connectivity index (χ0n) is 16.5. The van der Waals surface area contributed by atoms with Crippen LogP contribution in [0.5, 0.6) is 0 Å². The summed E-state index contributed by atoms with van der Waals surface area (Å²) in [6.45, 7) is 2.47. The summed E-state index contributed by atoms with van der Waals surface area (Å²) < 4.78 is 33.9. The lowest BCUT2D eigenvalue weighted by molar-refractivity contribution is -0.124. The predicted molar refractivity (Wildman–Crippen MR) is 107 cm³/mol. The highest BCUT2D eigenvalue weighted by molar-refractivity contribution is 7.89. The molecule has 156 valence electrons. The number of aryl methyl sites for hydroxylation is 1. The number of benzene rings is 1. The van der Waals surface area contributed by atoms with Crippen LogP contribution < -0.4 is 5.32 Å². The zero-order chi connectivity index (χ0) is 21.0. The van der Waals surface area contributed by atoms with Gasteiger partial charge in [-0.1, -0.05) is 30.3 Å². The molecule has 29 heavy (non-hydrogen) atoms. The number of nitrogens with zero attached hydrogens (tertiary/aromatic N) is 2. The minimum atomic E-state index is -3.92. The molecule has 1 aromatic heterocycles. The highest BCUT2D eigenvalue weighted by Gasteiger charge is 2.40. The Morgan fingerprint density at radius 3 is 2.66 bits per heavy atom. The van der Waals surface area contributed by atoms with Crippen molar-refractivity contribution in [3.63, 3.8) is 0 Å². The summed E-state index contributed by atoms with van der Waals surface area (Å²) in [4.78, 5) is 24.7. The molecule has 1 saturated heterocycles. The lowest BCUT2D eigenvalue weighted by atomic mass is 10.2. The SMILES string of the molecule is CCOC(=O)c1cc(S(=O)(=O)N2CCC[C@@H]2C(=O)NCc2ccccc2)cn1C. The van der Waals surface area contributed by atoms with E-state index in [0.717, 1.165) is 5.56 Å². The predicted octanol–water partition coefficient (Wildman–Crippen LogP) is 1.67. The fourth-order valence-corrected chi connectivity index (χ4v) is 5.14. The van der Waals surface area contributed by atoms with Crippen LogP contribution in [-0.4, -0.2) is 48.4 Å². The first-order valence-electron chi connectivity index (χ1n) is 9.51. The third-order valence-electron chi connectivity index (χ3n) is 4.89. The first-order chi connectivity index (χ1) is 13.8. The summed E-state index contributed by atoms with van der Waals surface area (Å²) in [5.74, 6) is -0.911. The summed E-state index contributed by atoms with van der Waals surface area (Å²) in [6, 6.07) is 9.96. The van der Waals surface area contributed by atoms with Gasteiger partial charge in [0.05, 0.1) is 6.61 Å². The van der Waals surface area contributed by atoms with Gasteiger partial charge in [-0.15, -0.1) is 0 Å². The van der Waals surface area contributed by atoms with E-state index in [1.54, 1.807) is 14.0 Å². The van der Waals surface area contributed by atoms with E-state index >= 15 is 0 Å². The van der Waals surface area contributed by atoms with Gasteiger partial charge >= 0.3 is 5.97 Å². The minimum Gasteiger partial charge on any atom is -0.461 e. The molecular weight excluding hydrogens is 394 g/mol. The summed E-state index contributed by atoms with van der Waals surface area (Å²) >= 11 is 0. The van der Waals surface area contributed by atoms with Gasteiger partial charge in [0.2, 0.25) is 15.9 Å². The number of ether oxygens (including phenoxy) is 1. The van der Waals surface area contributed by atoms with E-state index in [-0.39, 0.29) is 29.6 Å². The molecule has 3 rings (SSSR count). The third-order valence-corrected chi connectivity index (χ3v) is 6.76. The van der Waals surface area contributed by atoms with Gasteiger partial charge in [0.25, 0.3) is 0 Å². The van der Waals surface area contributed by atoms with Crippen molar-refractivity contribution in [1.29, 1.82) is 0 Å². The molecule has 0 unspecified atom stereocenters. The molecule has 0 bridgehead atoms. The first kappa shape index (κ1) is 21.1. The molecule has 0 aliphatic carbocycles.